The Hall–Kier alpha value is -2.64. The Kier molecular flexibility index (Phi) is 4.70. The number of hydrogen-bond acceptors (Lipinski definition) is 2. The summed E-state index contributed by atoms with van der Waals surface area (Å²) < 4.78 is 13.4. The molecule has 0 aliphatic rings. The molecule has 0 atom stereocenters. The average molecular weight is 282 g/mol. The zero-order chi connectivity index (χ0) is 15.2. The van der Waals surface area contributed by atoms with Gasteiger partial charge in [0, 0.05) is 16.8 Å². The van der Waals surface area contributed by atoms with Gasteiger partial charge in [0.2, 0.25) is 0 Å². The molecule has 0 spiro atoms. The highest BCUT2D eigenvalue weighted by atomic mass is 19.1. The number of rotatable bonds is 2. The van der Waals surface area contributed by atoms with Crippen LogP contribution in [0.4, 0.5) is 10.1 Å². The Labute approximate surface area is 123 Å². The van der Waals surface area contributed by atoms with Crippen molar-refractivity contribution in [2.45, 2.75) is 6.92 Å². The number of hydrogen-bond donors (Lipinski definition) is 2. The average Bonchev–Trinajstić information content (AvgIpc) is 2.49. The smallest absolute Gasteiger partial charge is 0.255 e. The Morgan fingerprint density at radius 1 is 1.24 bits per heavy atom. The number of carbonyl (C=O) groups excluding carboxylic acids is 1. The first-order valence-electron chi connectivity index (χ1n) is 6.46. The lowest BCUT2D eigenvalue weighted by atomic mass is 10.1. The van der Waals surface area contributed by atoms with Crippen LogP contribution in [0.2, 0.25) is 0 Å². The topological polar surface area (TPSA) is 55.1 Å². The largest absolute Gasteiger partial charge is 0.322 e. The molecule has 2 rings (SSSR count). The van der Waals surface area contributed by atoms with E-state index in [1.807, 2.05) is 0 Å². The normalized spacial score (nSPS) is 9.67. The van der Waals surface area contributed by atoms with Gasteiger partial charge in [0.15, 0.2) is 0 Å². The van der Waals surface area contributed by atoms with E-state index >= 15 is 0 Å². The van der Waals surface area contributed by atoms with Crippen molar-refractivity contribution in [2.24, 2.45) is 5.73 Å². The minimum atomic E-state index is -0.393. The highest BCUT2D eigenvalue weighted by Gasteiger charge is 2.08. The fourth-order valence-electron chi connectivity index (χ4n) is 1.73. The van der Waals surface area contributed by atoms with E-state index in [1.54, 1.807) is 43.3 Å². The van der Waals surface area contributed by atoms with Gasteiger partial charge in [0.1, 0.15) is 5.82 Å². The van der Waals surface area contributed by atoms with Crippen molar-refractivity contribution in [2.75, 3.05) is 11.9 Å². The van der Waals surface area contributed by atoms with Crippen molar-refractivity contribution in [1.29, 1.82) is 0 Å². The Balaban J connectivity index is 2.10. The summed E-state index contributed by atoms with van der Waals surface area (Å²) in [5.41, 5.74) is 7.53. The minimum Gasteiger partial charge on any atom is -0.322 e. The van der Waals surface area contributed by atoms with Crippen LogP contribution in [0.3, 0.4) is 0 Å². The molecule has 2 aromatic carbocycles. The van der Waals surface area contributed by atoms with Crippen LogP contribution in [-0.4, -0.2) is 12.5 Å². The maximum Gasteiger partial charge on any atom is 0.255 e. The van der Waals surface area contributed by atoms with Crippen molar-refractivity contribution in [3.8, 4) is 11.8 Å². The van der Waals surface area contributed by atoms with E-state index in [1.165, 1.54) is 6.07 Å². The Morgan fingerprint density at radius 3 is 2.57 bits per heavy atom. The Bertz CT molecular complexity index is 712. The van der Waals surface area contributed by atoms with Gasteiger partial charge in [-0.2, -0.15) is 0 Å². The molecule has 0 unspecified atom stereocenters. The molecule has 0 bridgehead atoms. The van der Waals surface area contributed by atoms with Crippen LogP contribution in [0.1, 0.15) is 21.5 Å². The zero-order valence-electron chi connectivity index (χ0n) is 11.6. The molecule has 1 amide bonds. The lowest BCUT2D eigenvalue weighted by Crippen LogP contribution is -2.12. The van der Waals surface area contributed by atoms with Crippen LogP contribution < -0.4 is 11.1 Å². The third kappa shape index (κ3) is 3.91. The Morgan fingerprint density at radius 2 is 1.95 bits per heavy atom. The highest BCUT2D eigenvalue weighted by Crippen LogP contribution is 2.13. The second kappa shape index (κ2) is 6.69. The van der Waals surface area contributed by atoms with Gasteiger partial charge in [0.25, 0.3) is 5.91 Å². The lowest BCUT2D eigenvalue weighted by Gasteiger charge is -2.06. The number of halogens is 1. The second-order valence-corrected chi connectivity index (χ2v) is 4.50. The molecule has 0 aliphatic heterocycles. The molecule has 0 saturated carbocycles. The quantitative estimate of drug-likeness (QED) is 0.832. The maximum absolute atomic E-state index is 13.4. The first-order valence-corrected chi connectivity index (χ1v) is 6.46. The minimum absolute atomic E-state index is 0.282. The summed E-state index contributed by atoms with van der Waals surface area (Å²) in [5.74, 6) is 4.90. The van der Waals surface area contributed by atoms with Gasteiger partial charge >= 0.3 is 0 Å². The third-order valence-corrected chi connectivity index (χ3v) is 2.91. The molecule has 21 heavy (non-hydrogen) atoms. The SMILES string of the molecule is Cc1ccc(C(=O)Nc2ccc(C#CCN)cc2)cc1F. The second-order valence-electron chi connectivity index (χ2n) is 4.50. The molecule has 0 saturated heterocycles. The van der Waals surface area contributed by atoms with Crippen molar-refractivity contribution in [3.05, 3.63) is 65.0 Å². The van der Waals surface area contributed by atoms with Crippen molar-refractivity contribution in [3.63, 3.8) is 0 Å². The number of aryl methyl sites for hydroxylation is 1. The van der Waals surface area contributed by atoms with E-state index in [-0.39, 0.29) is 11.5 Å². The van der Waals surface area contributed by atoms with Crippen LogP contribution in [0.5, 0.6) is 0 Å². The van der Waals surface area contributed by atoms with E-state index in [2.05, 4.69) is 17.2 Å². The molecule has 0 aromatic heterocycles. The van der Waals surface area contributed by atoms with E-state index in [9.17, 15) is 9.18 Å². The molecule has 106 valence electrons. The van der Waals surface area contributed by atoms with Crippen molar-refractivity contribution < 1.29 is 9.18 Å². The predicted octanol–water partition coefficient (Wildman–Crippen LogP) is 2.70. The van der Waals surface area contributed by atoms with Gasteiger partial charge in [-0.3, -0.25) is 4.79 Å². The number of amides is 1. The van der Waals surface area contributed by atoms with E-state index in [4.69, 9.17) is 5.73 Å². The van der Waals surface area contributed by atoms with Crippen LogP contribution in [0.15, 0.2) is 42.5 Å². The number of benzene rings is 2. The monoisotopic (exact) mass is 282 g/mol. The summed E-state index contributed by atoms with van der Waals surface area (Å²) in [4.78, 5) is 12.0. The van der Waals surface area contributed by atoms with E-state index in [0.717, 1.165) is 5.56 Å². The summed E-state index contributed by atoms with van der Waals surface area (Å²) in [6, 6.07) is 11.4. The first kappa shape index (κ1) is 14.8. The number of nitrogens with two attached hydrogens (primary N) is 1. The number of anilines is 1. The van der Waals surface area contributed by atoms with Crippen LogP contribution in [0, 0.1) is 24.6 Å². The summed E-state index contributed by atoms with van der Waals surface area (Å²) in [6.07, 6.45) is 0. The highest BCUT2D eigenvalue weighted by molar-refractivity contribution is 6.04. The molecular formula is C17H15FN2O. The van der Waals surface area contributed by atoms with Crippen molar-refractivity contribution >= 4 is 11.6 Å². The number of carbonyl (C=O) groups is 1. The van der Waals surface area contributed by atoms with E-state index in [0.29, 0.717) is 17.8 Å². The van der Waals surface area contributed by atoms with Gasteiger partial charge in [-0.25, -0.2) is 4.39 Å². The van der Waals surface area contributed by atoms with Crippen molar-refractivity contribution in [1.82, 2.24) is 0 Å². The lowest BCUT2D eigenvalue weighted by molar-refractivity contribution is 0.102. The zero-order valence-corrected chi connectivity index (χ0v) is 11.6. The maximum atomic E-state index is 13.4. The van der Waals surface area contributed by atoms with Crippen LogP contribution in [0.25, 0.3) is 0 Å². The molecule has 4 heteroatoms. The summed E-state index contributed by atoms with van der Waals surface area (Å²) >= 11 is 0. The van der Waals surface area contributed by atoms with Gasteiger partial charge in [-0.05, 0) is 48.9 Å². The third-order valence-electron chi connectivity index (χ3n) is 2.91. The van der Waals surface area contributed by atoms with E-state index < -0.39 is 5.82 Å². The van der Waals surface area contributed by atoms with Gasteiger partial charge in [0.05, 0.1) is 6.54 Å². The molecule has 3 N–H and O–H groups in total. The molecule has 0 radical (unpaired) electrons. The molecular weight excluding hydrogens is 267 g/mol. The molecule has 3 nitrogen and oxygen atoms in total. The molecule has 0 fully saturated rings. The molecule has 0 aliphatic carbocycles. The van der Waals surface area contributed by atoms with Crippen LogP contribution in [-0.2, 0) is 0 Å². The molecule has 2 aromatic rings. The summed E-state index contributed by atoms with van der Waals surface area (Å²) in [7, 11) is 0. The summed E-state index contributed by atoms with van der Waals surface area (Å²) in [6.45, 7) is 1.95. The summed E-state index contributed by atoms with van der Waals surface area (Å²) in [5, 5.41) is 2.71. The van der Waals surface area contributed by atoms with Gasteiger partial charge in [-0.15, -0.1) is 0 Å². The van der Waals surface area contributed by atoms with Crippen LogP contribution >= 0.6 is 0 Å². The standard InChI is InChI=1S/C17H15FN2O/c1-12-4-7-14(11-16(12)18)17(21)20-15-8-5-13(6-9-15)3-2-10-19/h4-9,11H,10,19H2,1H3,(H,20,21). The fraction of sp³-hybridized carbons (Fsp3) is 0.118. The van der Waals surface area contributed by atoms with Gasteiger partial charge < -0.3 is 11.1 Å². The van der Waals surface area contributed by atoms with Gasteiger partial charge in [-0.1, -0.05) is 17.9 Å². The molecule has 0 heterocycles. The number of nitrogens with one attached hydrogen (secondary N) is 1. The predicted molar refractivity (Wildman–Crippen MR) is 81.5 cm³/mol. The first-order chi connectivity index (χ1) is 10.1. The fourth-order valence-corrected chi connectivity index (χ4v) is 1.73.